The fourth-order valence-electron chi connectivity index (χ4n) is 3.83. The van der Waals surface area contributed by atoms with Gasteiger partial charge in [-0.15, -0.1) is 11.3 Å². The Hall–Kier alpha value is -3.43. The van der Waals surface area contributed by atoms with Crippen LogP contribution in [0.1, 0.15) is 5.56 Å². The summed E-state index contributed by atoms with van der Waals surface area (Å²) < 4.78 is 8.57. The summed E-state index contributed by atoms with van der Waals surface area (Å²) in [7, 11) is 0. The summed E-state index contributed by atoms with van der Waals surface area (Å²) in [5.74, 6) is 0. The van der Waals surface area contributed by atoms with Crippen LogP contribution >= 0.6 is 11.3 Å². The summed E-state index contributed by atoms with van der Waals surface area (Å²) in [4.78, 5) is 4.81. The Bertz CT molecular complexity index is 1520. The number of hydrogen-bond acceptors (Lipinski definition) is 3. The fourth-order valence-corrected chi connectivity index (χ4v) is 4.98. The molecule has 3 heteroatoms. The molecule has 28 heavy (non-hydrogen) atoms. The SMILES string of the molecule is C(=N\c1cccc2oc3ccccc3c12)/c1ccc2c(c1)sc1ccccc12. The van der Waals surface area contributed by atoms with Crippen LogP contribution in [-0.2, 0) is 0 Å². The Balaban J connectivity index is 1.48. The van der Waals surface area contributed by atoms with Gasteiger partial charge in [0.25, 0.3) is 0 Å². The molecule has 0 atom stereocenters. The van der Waals surface area contributed by atoms with E-state index in [1.54, 1.807) is 0 Å². The topological polar surface area (TPSA) is 25.5 Å². The van der Waals surface area contributed by atoms with Gasteiger partial charge in [-0.3, -0.25) is 4.99 Å². The van der Waals surface area contributed by atoms with Crippen LogP contribution in [0.2, 0.25) is 0 Å². The zero-order chi connectivity index (χ0) is 18.5. The zero-order valence-corrected chi connectivity index (χ0v) is 15.7. The van der Waals surface area contributed by atoms with E-state index >= 15 is 0 Å². The monoisotopic (exact) mass is 377 g/mol. The predicted molar refractivity (Wildman–Crippen MR) is 120 cm³/mol. The molecule has 0 fully saturated rings. The molecule has 6 rings (SSSR count). The van der Waals surface area contributed by atoms with Gasteiger partial charge in [0.2, 0.25) is 0 Å². The van der Waals surface area contributed by atoms with Crippen molar-refractivity contribution in [1.29, 1.82) is 0 Å². The largest absolute Gasteiger partial charge is 0.456 e. The number of thiophene rings is 1. The van der Waals surface area contributed by atoms with Crippen molar-refractivity contribution < 1.29 is 4.42 Å². The molecule has 2 aromatic heterocycles. The molecule has 0 bridgehead atoms. The van der Waals surface area contributed by atoms with E-state index in [0.717, 1.165) is 33.2 Å². The molecule has 0 saturated heterocycles. The van der Waals surface area contributed by atoms with Crippen molar-refractivity contribution in [3.05, 3.63) is 90.5 Å². The molecule has 132 valence electrons. The molecule has 0 radical (unpaired) electrons. The smallest absolute Gasteiger partial charge is 0.137 e. The minimum atomic E-state index is 0.871. The Kier molecular flexibility index (Phi) is 3.37. The van der Waals surface area contributed by atoms with E-state index in [4.69, 9.17) is 9.41 Å². The predicted octanol–water partition coefficient (Wildman–Crippen LogP) is 7.70. The summed E-state index contributed by atoms with van der Waals surface area (Å²) in [5, 5.41) is 4.80. The molecular formula is C25H15NOS. The number of fused-ring (bicyclic) bond motifs is 6. The van der Waals surface area contributed by atoms with Gasteiger partial charge in [0.05, 0.1) is 11.1 Å². The summed E-state index contributed by atoms with van der Waals surface area (Å²) >= 11 is 1.83. The van der Waals surface area contributed by atoms with Crippen LogP contribution in [0.4, 0.5) is 5.69 Å². The molecular weight excluding hydrogens is 362 g/mol. The number of furan rings is 1. The standard InChI is InChI=1S/C25H15NOS/c1-3-9-21-19(7-1)25-20(8-5-10-22(25)27-21)26-15-16-12-13-18-17-6-2-4-11-23(17)28-24(18)14-16/h1-15H/b26-15+. The van der Waals surface area contributed by atoms with Crippen LogP contribution in [0.15, 0.2) is 94.3 Å². The lowest BCUT2D eigenvalue weighted by Gasteiger charge is -1.98. The lowest BCUT2D eigenvalue weighted by Crippen LogP contribution is -1.80. The molecule has 0 aliphatic heterocycles. The maximum atomic E-state index is 5.96. The third-order valence-electron chi connectivity index (χ3n) is 5.14. The maximum Gasteiger partial charge on any atom is 0.137 e. The van der Waals surface area contributed by atoms with Gasteiger partial charge >= 0.3 is 0 Å². The molecule has 0 aliphatic carbocycles. The van der Waals surface area contributed by atoms with E-state index in [1.807, 2.05) is 53.9 Å². The van der Waals surface area contributed by atoms with Crippen molar-refractivity contribution in [2.75, 3.05) is 0 Å². The molecule has 0 aliphatic rings. The van der Waals surface area contributed by atoms with E-state index < -0.39 is 0 Å². The van der Waals surface area contributed by atoms with Crippen molar-refractivity contribution in [3.8, 4) is 0 Å². The van der Waals surface area contributed by atoms with Gasteiger partial charge in [-0.05, 0) is 35.9 Å². The van der Waals surface area contributed by atoms with E-state index in [-0.39, 0.29) is 0 Å². The third-order valence-corrected chi connectivity index (χ3v) is 6.27. The molecule has 6 aromatic rings. The van der Waals surface area contributed by atoms with Gasteiger partial charge in [0, 0.05) is 31.8 Å². The minimum Gasteiger partial charge on any atom is -0.456 e. The lowest BCUT2D eigenvalue weighted by atomic mass is 10.1. The van der Waals surface area contributed by atoms with Crippen molar-refractivity contribution in [1.82, 2.24) is 0 Å². The summed E-state index contributed by atoms with van der Waals surface area (Å²) in [6.07, 6.45) is 1.94. The van der Waals surface area contributed by atoms with Crippen molar-refractivity contribution >= 4 is 65.3 Å². The van der Waals surface area contributed by atoms with Gasteiger partial charge in [0.1, 0.15) is 11.2 Å². The Morgan fingerprint density at radius 2 is 1.46 bits per heavy atom. The van der Waals surface area contributed by atoms with Gasteiger partial charge in [-0.2, -0.15) is 0 Å². The highest BCUT2D eigenvalue weighted by molar-refractivity contribution is 7.25. The maximum absolute atomic E-state index is 5.96. The van der Waals surface area contributed by atoms with E-state index in [2.05, 4.69) is 48.5 Å². The van der Waals surface area contributed by atoms with E-state index in [9.17, 15) is 0 Å². The van der Waals surface area contributed by atoms with Crippen LogP contribution in [0.5, 0.6) is 0 Å². The van der Waals surface area contributed by atoms with E-state index in [0.29, 0.717) is 0 Å². The number of aliphatic imine (C=N–C) groups is 1. The number of benzene rings is 4. The highest BCUT2D eigenvalue weighted by Crippen LogP contribution is 2.36. The Morgan fingerprint density at radius 1 is 0.679 bits per heavy atom. The third kappa shape index (κ3) is 2.37. The molecule has 0 unspecified atom stereocenters. The fraction of sp³-hybridized carbons (Fsp3) is 0. The molecule has 2 heterocycles. The number of nitrogens with zero attached hydrogens (tertiary/aromatic N) is 1. The average Bonchev–Trinajstić information content (AvgIpc) is 3.30. The van der Waals surface area contributed by atoms with Crippen molar-refractivity contribution in [3.63, 3.8) is 0 Å². The first kappa shape index (κ1) is 15.6. The molecule has 4 aromatic carbocycles. The van der Waals surface area contributed by atoms with Gasteiger partial charge in [0.15, 0.2) is 0 Å². The van der Waals surface area contributed by atoms with Crippen LogP contribution in [-0.4, -0.2) is 6.21 Å². The zero-order valence-electron chi connectivity index (χ0n) is 14.9. The van der Waals surface area contributed by atoms with Crippen LogP contribution in [0, 0.1) is 0 Å². The second kappa shape index (κ2) is 6.04. The normalized spacial score (nSPS) is 12.1. The number of hydrogen-bond donors (Lipinski definition) is 0. The van der Waals surface area contributed by atoms with Crippen molar-refractivity contribution in [2.45, 2.75) is 0 Å². The minimum absolute atomic E-state index is 0.871. The van der Waals surface area contributed by atoms with Crippen molar-refractivity contribution in [2.24, 2.45) is 4.99 Å². The molecule has 0 amide bonds. The molecule has 0 N–H and O–H groups in total. The Labute approximate surface area is 165 Å². The quantitative estimate of drug-likeness (QED) is 0.284. The second-order valence-corrected chi connectivity index (χ2v) is 7.94. The summed E-state index contributed by atoms with van der Waals surface area (Å²) in [6.45, 7) is 0. The first-order valence-corrected chi connectivity index (χ1v) is 10.0. The lowest BCUT2D eigenvalue weighted by molar-refractivity contribution is 0.669. The second-order valence-electron chi connectivity index (χ2n) is 6.86. The first-order chi connectivity index (χ1) is 13.9. The van der Waals surface area contributed by atoms with Gasteiger partial charge < -0.3 is 4.42 Å². The van der Waals surface area contributed by atoms with Gasteiger partial charge in [-0.25, -0.2) is 0 Å². The highest BCUT2D eigenvalue weighted by atomic mass is 32.1. The molecule has 2 nitrogen and oxygen atoms in total. The molecule has 0 spiro atoms. The number of rotatable bonds is 2. The highest BCUT2D eigenvalue weighted by Gasteiger charge is 2.10. The summed E-state index contributed by atoms with van der Waals surface area (Å²) in [5.41, 5.74) is 3.80. The first-order valence-electron chi connectivity index (χ1n) is 9.22. The Morgan fingerprint density at radius 3 is 2.43 bits per heavy atom. The van der Waals surface area contributed by atoms with E-state index in [1.165, 1.54) is 20.2 Å². The van der Waals surface area contributed by atoms with Crippen LogP contribution in [0.25, 0.3) is 42.1 Å². The van der Waals surface area contributed by atoms with Crippen LogP contribution < -0.4 is 0 Å². The average molecular weight is 377 g/mol. The molecule has 0 saturated carbocycles. The summed E-state index contributed by atoms with van der Waals surface area (Å²) in [6, 6.07) is 29.3. The van der Waals surface area contributed by atoms with Crippen LogP contribution in [0.3, 0.4) is 0 Å². The number of para-hydroxylation sites is 1. The van der Waals surface area contributed by atoms with Gasteiger partial charge in [-0.1, -0.05) is 54.6 Å².